The van der Waals surface area contributed by atoms with Gasteiger partial charge in [-0.25, -0.2) is 0 Å². The highest BCUT2D eigenvalue weighted by Crippen LogP contribution is 2.14. The van der Waals surface area contributed by atoms with Crippen LogP contribution in [0.15, 0.2) is 41.8 Å². The lowest BCUT2D eigenvalue weighted by Crippen LogP contribution is -2.38. The molecule has 0 saturated heterocycles. The number of benzene rings is 1. The summed E-state index contributed by atoms with van der Waals surface area (Å²) >= 11 is 1.76. The van der Waals surface area contributed by atoms with Crippen LogP contribution < -0.4 is 10.6 Å². The quantitative estimate of drug-likeness (QED) is 0.541. The largest absolute Gasteiger partial charge is 0.480 e. The summed E-state index contributed by atoms with van der Waals surface area (Å²) in [5.41, 5.74) is 0.955. The number of hydrogen-bond donors (Lipinski definition) is 3. The van der Waals surface area contributed by atoms with Gasteiger partial charge in [-0.15, -0.1) is 11.3 Å². The Labute approximate surface area is 162 Å². The average molecular weight is 388 g/mol. The number of carbonyl (C=O) groups is 3. The van der Waals surface area contributed by atoms with Gasteiger partial charge in [-0.2, -0.15) is 0 Å². The second-order valence-corrected chi connectivity index (χ2v) is 7.33. The van der Waals surface area contributed by atoms with E-state index in [1.807, 2.05) is 0 Å². The lowest BCUT2D eigenvalue weighted by atomic mass is 10.1. The number of unbranched alkanes of at least 4 members (excludes halogenated alkanes) is 2. The van der Waals surface area contributed by atoms with Gasteiger partial charge in [-0.1, -0.05) is 12.5 Å². The van der Waals surface area contributed by atoms with Gasteiger partial charge in [-0.3, -0.25) is 14.4 Å². The number of hydrogen-bond acceptors (Lipinski definition) is 4. The number of carboxylic acids is 1. The minimum Gasteiger partial charge on any atom is -0.480 e. The summed E-state index contributed by atoms with van der Waals surface area (Å²) in [5.74, 6) is -1.61. The minimum absolute atomic E-state index is 0.0529. The molecule has 0 aliphatic carbocycles. The van der Waals surface area contributed by atoms with Crippen LogP contribution in [0.1, 0.15) is 47.8 Å². The zero-order valence-electron chi connectivity index (χ0n) is 15.2. The highest BCUT2D eigenvalue weighted by atomic mass is 32.1. The van der Waals surface area contributed by atoms with Crippen molar-refractivity contribution >= 4 is 34.8 Å². The Morgan fingerprint density at radius 1 is 1.07 bits per heavy atom. The normalized spacial score (nSPS) is 11.6. The van der Waals surface area contributed by atoms with Gasteiger partial charge in [0, 0.05) is 22.5 Å². The molecule has 0 spiro atoms. The summed E-state index contributed by atoms with van der Waals surface area (Å²) in [5, 5.41) is 16.1. The Bertz CT molecular complexity index is 757. The summed E-state index contributed by atoms with van der Waals surface area (Å²) in [6.07, 6.45) is 4.44. The number of carbonyl (C=O) groups excluding carboxylic acids is 2. The Morgan fingerprint density at radius 3 is 2.44 bits per heavy atom. The molecule has 0 aliphatic rings. The van der Waals surface area contributed by atoms with Crippen LogP contribution in [0.3, 0.4) is 0 Å². The van der Waals surface area contributed by atoms with Crippen LogP contribution in [0.4, 0.5) is 5.69 Å². The van der Waals surface area contributed by atoms with Gasteiger partial charge in [0.1, 0.15) is 6.04 Å². The lowest BCUT2D eigenvalue weighted by Gasteiger charge is -2.10. The number of nitrogens with one attached hydrogen (secondary N) is 2. The topological polar surface area (TPSA) is 95.5 Å². The number of aryl methyl sites for hydroxylation is 1. The molecule has 1 unspecified atom stereocenters. The molecule has 2 aromatic rings. The van der Waals surface area contributed by atoms with Crippen LogP contribution in [0.2, 0.25) is 0 Å². The first-order valence-electron chi connectivity index (χ1n) is 8.91. The molecule has 1 atom stereocenters. The first-order chi connectivity index (χ1) is 13.0. The summed E-state index contributed by atoms with van der Waals surface area (Å²) in [4.78, 5) is 36.1. The minimum atomic E-state index is -1.09. The molecule has 144 valence electrons. The van der Waals surface area contributed by atoms with Crippen molar-refractivity contribution in [2.75, 3.05) is 5.32 Å². The van der Waals surface area contributed by atoms with E-state index in [1.165, 1.54) is 11.8 Å². The van der Waals surface area contributed by atoms with E-state index in [9.17, 15) is 14.4 Å². The van der Waals surface area contributed by atoms with Crippen molar-refractivity contribution in [3.8, 4) is 0 Å². The van der Waals surface area contributed by atoms with Crippen LogP contribution in [0, 0.1) is 0 Å². The smallest absolute Gasteiger partial charge is 0.325 e. The van der Waals surface area contributed by atoms with Crippen LogP contribution in [-0.2, 0) is 16.0 Å². The summed E-state index contributed by atoms with van der Waals surface area (Å²) < 4.78 is 0. The number of aliphatic carboxylic acids is 1. The molecule has 2 amide bonds. The SMILES string of the molecule is CC(NC(=O)c1ccc(NC(=O)CCCCCc2cccs2)cc1)C(=O)O. The first-order valence-corrected chi connectivity index (χ1v) is 9.79. The molecule has 1 aromatic heterocycles. The van der Waals surface area contributed by atoms with Gasteiger partial charge < -0.3 is 15.7 Å². The average Bonchev–Trinajstić information content (AvgIpc) is 3.15. The third-order valence-electron chi connectivity index (χ3n) is 4.06. The molecule has 0 saturated carbocycles. The predicted octanol–water partition coefficient (Wildman–Crippen LogP) is 3.69. The molecule has 0 aliphatic heterocycles. The van der Waals surface area contributed by atoms with Crippen molar-refractivity contribution in [3.63, 3.8) is 0 Å². The number of rotatable bonds is 10. The van der Waals surface area contributed by atoms with E-state index in [-0.39, 0.29) is 5.91 Å². The Hall–Kier alpha value is -2.67. The van der Waals surface area contributed by atoms with E-state index >= 15 is 0 Å². The van der Waals surface area contributed by atoms with E-state index in [0.717, 1.165) is 25.7 Å². The zero-order chi connectivity index (χ0) is 19.6. The number of amides is 2. The molecular weight excluding hydrogens is 364 g/mol. The molecule has 6 nitrogen and oxygen atoms in total. The maximum absolute atomic E-state index is 12.0. The summed E-state index contributed by atoms with van der Waals surface area (Å²) in [6.45, 7) is 1.40. The predicted molar refractivity (Wildman–Crippen MR) is 106 cm³/mol. The molecule has 0 bridgehead atoms. The van der Waals surface area contributed by atoms with Gasteiger partial charge in [0.2, 0.25) is 5.91 Å². The zero-order valence-corrected chi connectivity index (χ0v) is 16.1. The standard InChI is InChI=1S/C20H24N2O4S/c1-14(20(25)26)21-19(24)15-9-11-16(12-10-15)22-18(23)8-4-2-3-6-17-7-5-13-27-17/h5,7,9-14H,2-4,6,8H2,1H3,(H,21,24)(H,22,23)(H,25,26). The molecule has 0 fully saturated rings. The van der Waals surface area contributed by atoms with Gasteiger partial charge >= 0.3 is 5.97 Å². The van der Waals surface area contributed by atoms with E-state index in [4.69, 9.17) is 5.11 Å². The van der Waals surface area contributed by atoms with Crippen LogP contribution in [0.25, 0.3) is 0 Å². The molecule has 27 heavy (non-hydrogen) atoms. The van der Waals surface area contributed by atoms with Crippen molar-refractivity contribution in [2.24, 2.45) is 0 Å². The third-order valence-corrected chi connectivity index (χ3v) is 4.99. The third kappa shape index (κ3) is 7.22. The van der Waals surface area contributed by atoms with Crippen molar-refractivity contribution in [1.29, 1.82) is 0 Å². The fraction of sp³-hybridized carbons (Fsp3) is 0.350. The van der Waals surface area contributed by atoms with Crippen molar-refractivity contribution < 1.29 is 19.5 Å². The Kier molecular flexibility index (Phi) is 8.00. The maximum Gasteiger partial charge on any atom is 0.325 e. The second-order valence-electron chi connectivity index (χ2n) is 6.30. The second kappa shape index (κ2) is 10.5. The maximum atomic E-state index is 12.0. The molecule has 1 heterocycles. The van der Waals surface area contributed by atoms with Gasteiger partial charge in [0.15, 0.2) is 0 Å². The fourth-order valence-electron chi connectivity index (χ4n) is 2.49. The molecule has 1 aromatic carbocycles. The lowest BCUT2D eigenvalue weighted by molar-refractivity contribution is -0.138. The molecular formula is C20H24N2O4S. The van der Waals surface area contributed by atoms with Crippen molar-refractivity contribution in [1.82, 2.24) is 5.32 Å². The van der Waals surface area contributed by atoms with E-state index in [0.29, 0.717) is 17.7 Å². The van der Waals surface area contributed by atoms with E-state index in [1.54, 1.807) is 35.6 Å². The number of anilines is 1. The van der Waals surface area contributed by atoms with Crippen LogP contribution in [-0.4, -0.2) is 28.9 Å². The highest BCUT2D eigenvalue weighted by molar-refractivity contribution is 7.09. The van der Waals surface area contributed by atoms with E-state index in [2.05, 4.69) is 28.1 Å². The van der Waals surface area contributed by atoms with Crippen LogP contribution in [0.5, 0.6) is 0 Å². The summed E-state index contributed by atoms with van der Waals surface area (Å²) in [6, 6.07) is 9.60. The Morgan fingerprint density at radius 2 is 1.81 bits per heavy atom. The highest BCUT2D eigenvalue weighted by Gasteiger charge is 2.15. The van der Waals surface area contributed by atoms with Crippen molar-refractivity contribution in [3.05, 3.63) is 52.2 Å². The van der Waals surface area contributed by atoms with Gasteiger partial charge in [0.05, 0.1) is 0 Å². The molecule has 3 N–H and O–H groups in total. The fourth-order valence-corrected chi connectivity index (χ4v) is 3.24. The molecule has 2 rings (SSSR count). The van der Waals surface area contributed by atoms with Crippen LogP contribution >= 0.6 is 11.3 Å². The summed E-state index contributed by atoms with van der Waals surface area (Å²) in [7, 11) is 0. The van der Waals surface area contributed by atoms with Gasteiger partial charge in [-0.05, 0) is 61.9 Å². The Balaban J connectivity index is 1.69. The molecule has 7 heteroatoms. The number of thiophene rings is 1. The monoisotopic (exact) mass is 388 g/mol. The molecule has 0 radical (unpaired) electrons. The van der Waals surface area contributed by atoms with Crippen molar-refractivity contribution in [2.45, 2.75) is 45.1 Å². The first kappa shape index (κ1) is 20.6. The van der Waals surface area contributed by atoms with E-state index < -0.39 is 17.9 Å². The number of carboxylic acid groups (broad SMARTS) is 1. The van der Waals surface area contributed by atoms with Gasteiger partial charge in [0.25, 0.3) is 5.91 Å².